The molecule has 6 nitrogen and oxygen atoms in total. The zero-order chi connectivity index (χ0) is 19.4. The van der Waals surface area contributed by atoms with E-state index in [1.807, 2.05) is 0 Å². The lowest BCUT2D eigenvalue weighted by molar-refractivity contribution is -0.00837. The predicted octanol–water partition coefficient (Wildman–Crippen LogP) is 3.66. The summed E-state index contributed by atoms with van der Waals surface area (Å²) in [4.78, 5) is 10.4. The van der Waals surface area contributed by atoms with Crippen molar-refractivity contribution in [1.82, 2.24) is 19.8 Å². The molecule has 3 rings (SSSR count). The van der Waals surface area contributed by atoms with Crippen LogP contribution in [0, 0.1) is 13.8 Å². The van der Waals surface area contributed by atoms with Gasteiger partial charge in [-0.15, -0.1) is 24.0 Å². The minimum Gasteiger partial charge on any atom is -0.370 e. The molecule has 154 valence electrons. The van der Waals surface area contributed by atoms with Crippen molar-refractivity contribution >= 4 is 29.9 Å². The number of aryl methyl sites for hydroxylation is 2. The second kappa shape index (κ2) is 10.1. The SMILES string of the molecule is CN=C(NCc1nccn1C(F)F)N1CCOC(c2ccc(C)cc2C)C1.I. The largest absolute Gasteiger partial charge is 0.370 e. The monoisotopic (exact) mass is 505 g/mol. The van der Waals surface area contributed by atoms with Gasteiger partial charge in [0.1, 0.15) is 11.9 Å². The standard InChI is InChI=1S/C19H25F2N5O.HI/c1-13-4-5-15(14(2)10-13)16-12-25(8-9-27-16)19(22-3)24-11-17-23-6-7-26(17)18(20)21;/h4-7,10,16,18H,8-9,11-12H2,1-3H3,(H,22,24);1H. The van der Waals surface area contributed by atoms with Crippen molar-refractivity contribution in [3.8, 4) is 0 Å². The summed E-state index contributed by atoms with van der Waals surface area (Å²) in [6.45, 7) is 3.63. The predicted molar refractivity (Wildman–Crippen MR) is 115 cm³/mol. The van der Waals surface area contributed by atoms with Crippen LogP contribution >= 0.6 is 24.0 Å². The molecule has 1 saturated heterocycles. The van der Waals surface area contributed by atoms with Gasteiger partial charge in [0.15, 0.2) is 5.96 Å². The molecule has 1 aromatic heterocycles. The third-order valence-electron chi connectivity index (χ3n) is 4.71. The molecule has 0 saturated carbocycles. The van der Waals surface area contributed by atoms with Crippen molar-refractivity contribution in [3.05, 3.63) is 53.1 Å². The van der Waals surface area contributed by atoms with Crippen molar-refractivity contribution in [3.63, 3.8) is 0 Å². The van der Waals surface area contributed by atoms with Gasteiger partial charge in [-0.2, -0.15) is 8.78 Å². The van der Waals surface area contributed by atoms with Crippen molar-refractivity contribution in [2.45, 2.75) is 33.0 Å². The lowest BCUT2D eigenvalue weighted by Gasteiger charge is -2.35. The number of rotatable bonds is 4. The molecule has 9 heteroatoms. The highest BCUT2D eigenvalue weighted by Crippen LogP contribution is 2.26. The van der Waals surface area contributed by atoms with E-state index in [-0.39, 0.29) is 42.4 Å². The van der Waals surface area contributed by atoms with Crippen molar-refractivity contribution < 1.29 is 13.5 Å². The molecule has 1 unspecified atom stereocenters. The van der Waals surface area contributed by atoms with Gasteiger partial charge in [-0.1, -0.05) is 23.8 Å². The molecule has 0 bridgehead atoms. The second-order valence-corrected chi connectivity index (χ2v) is 6.59. The molecular weight excluding hydrogens is 479 g/mol. The van der Waals surface area contributed by atoms with Crippen LogP contribution in [-0.4, -0.2) is 47.2 Å². The fraction of sp³-hybridized carbons (Fsp3) is 0.474. The maximum atomic E-state index is 13.0. The average Bonchev–Trinajstić information content (AvgIpc) is 3.11. The van der Waals surface area contributed by atoms with E-state index in [0.717, 1.165) is 10.1 Å². The number of hydrogen-bond acceptors (Lipinski definition) is 3. The Bertz CT molecular complexity index is 811. The smallest absolute Gasteiger partial charge is 0.319 e. The first-order valence-electron chi connectivity index (χ1n) is 8.93. The minimum atomic E-state index is -2.61. The van der Waals surface area contributed by atoms with Crippen molar-refractivity contribution in [2.24, 2.45) is 4.99 Å². The normalized spacial score (nSPS) is 17.6. The van der Waals surface area contributed by atoms with Gasteiger partial charge in [-0.3, -0.25) is 9.56 Å². The number of benzene rings is 1. The number of nitrogens with zero attached hydrogens (tertiary/aromatic N) is 4. The molecule has 28 heavy (non-hydrogen) atoms. The number of alkyl halides is 2. The first-order valence-corrected chi connectivity index (χ1v) is 8.93. The molecule has 1 fully saturated rings. The van der Waals surface area contributed by atoms with Crippen LogP contribution in [0.1, 0.15) is 35.2 Å². The fourth-order valence-electron chi connectivity index (χ4n) is 3.37. The van der Waals surface area contributed by atoms with Crippen LogP contribution in [0.2, 0.25) is 0 Å². The number of morpholine rings is 1. The van der Waals surface area contributed by atoms with Crippen LogP contribution < -0.4 is 5.32 Å². The third kappa shape index (κ3) is 5.19. The second-order valence-electron chi connectivity index (χ2n) is 6.59. The molecule has 0 amide bonds. The van der Waals surface area contributed by atoms with Crippen LogP contribution in [0.4, 0.5) is 8.78 Å². The number of guanidine groups is 1. The summed E-state index contributed by atoms with van der Waals surface area (Å²) in [6, 6.07) is 6.34. The number of aliphatic imine (C=N–C) groups is 1. The Balaban J connectivity index is 0.00000280. The van der Waals surface area contributed by atoms with E-state index in [0.29, 0.717) is 25.7 Å². The molecular formula is C19H26F2IN5O. The third-order valence-corrected chi connectivity index (χ3v) is 4.71. The topological polar surface area (TPSA) is 54.7 Å². The van der Waals surface area contributed by atoms with Crippen LogP contribution in [0.25, 0.3) is 0 Å². The fourth-order valence-corrected chi connectivity index (χ4v) is 3.37. The average molecular weight is 505 g/mol. The summed E-state index contributed by atoms with van der Waals surface area (Å²) in [6.07, 6.45) is 2.59. The number of hydrogen-bond donors (Lipinski definition) is 1. The molecule has 1 N–H and O–H groups in total. The van der Waals surface area contributed by atoms with Crippen molar-refractivity contribution in [2.75, 3.05) is 26.7 Å². The zero-order valence-corrected chi connectivity index (χ0v) is 18.6. The van der Waals surface area contributed by atoms with E-state index < -0.39 is 6.55 Å². The molecule has 2 aromatic rings. The number of halogens is 3. The Morgan fingerprint density at radius 1 is 1.39 bits per heavy atom. The molecule has 1 aliphatic rings. The first kappa shape index (κ1) is 22.5. The number of aromatic nitrogens is 2. The van der Waals surface area contributed by atoms with E-state index in [4.69, 9.17) is 4.74 Å². The van der Waals surface area contributed by atoms with Crippen LogP contribution in [0.5, 0.6) is 0 Å². The molecule has 1 aliphatic heterocycles. The summed E-state index contributed by atoms with van der Waals surface area (Å²) in [7, 11) is 1.68. The van der Waals surface area contributed by atoms with Crippen LogP contribution in [0.15, 0.2) is 35.6 Å². The van der Waals surface area contributed by atoms with Gasteiger partial charge in [-0.05, 0) is 25.0 Å². The molecule has 2 heterocycles. The summed E-state index contributed by atoms with van der Waals surface area (Å²) in [5.41, 5.74) is 3.58. The van der Waals surface area contributed by atoms with Gasteiger partial charge >= 0.3 is 6.55 Å². The number of nitrogens with one attached hydrogen (secondary N) is 1. The first-order chi connectivity index (χ1) is 13.0. The Kier molecular flexibility index (Phi) is 8.17. The summed E-state index contributed by atoms with van der Waals surface area (Å²) in [5, 5.41) is 3.14. The molecule has 1 atom stereocenters. The van der Waals surface area contributed by atoms with E-state index >= 15 is 0 Å². The highest BCUT2D eigenvalue weighted by molar-refractivity contribution is 14.0. The molecule has 0 aliphatic carbocycles. The van der Waals surface area contributed by atoms with Gasteiger partial charge in [0.2, 0.25) is 0 Å². The lowest BCUT2D eigenvalue weighted by Crippen LogP contribution is -2.48. The van der Waals surface area contributed by atoms with E-state index in [9.17, 15) is 8.78 Å². The lowest BCUT2D eigenvalue weighted by atomic mass is 10.00. The van der Waals surface area contributed by atoms with Gasteiger partial charge < -0.3 is 15.0 Å². The maximum absolute atomic E-state index is 13.0. The van der Waals surface area contributed by atoms with Crippen LogP contribution in [-0.2, 0) is 11.3 Å². The Morgan fingerprint density at radius 3 is 2.86 bits per heavy atom. The summed E-state index contributed by atoms with van der Waals surface area (Å²) < 4.78 is 32.7. The Hall–Kier alpha value is -1.75. The highest BCUT2D eigenvalue weighted by Gasteiger charge is 2.25. The summed E-state index contributed by atoms with van der Waals surface area (Å²) >= 11 is 0. The van der Waals surface area contributed by atoms with Gasteiger partial charge in [0, 0.05) is 26.0 Å². The highest BCUT2D eigenvalue weighted by atomic mass is 127. The Labute approximate surface area is 181 Å². The Morgan fingerprint density at radius 2 is 2.18 bits per heavy atom. The van der Waals surface area contributed by atoms with Gasteiger partial charge in [0.25, 0.3) is 0 Å². The quantitative estimate of drug-likeness (QED) is 0.392. The van der Waals surface area contributed by atoms with E-state index in [1.54, 1.807) is 7.05 Å². The zero-order valence-electron chi connectivity index (χ0n) is 16.2. The molecule has 1 aromatic carbocycles. The van der Waals surface area contributed by atoms with Gasteiger partial charge in [-0.25, -0.2) is 4.98 Å². The number of ether oxygens (including phenoxy) is 1. The van der Waals surface area contributed by atoms with Crippen molar-refractivity contribution in [1.29, 1.82) is 0 Å². The summed E-state index contributed by atoms with van der Waals surface area (Å²) in [5.74, 6) is 0.919. The minimum absolute atomic E-state index is 0. The molecule has 0 spiro atoms. The van der Waals surface area contributed by atoms with E-state index in [1.165, 1.54) is 23.5 Å². The number of imidazole rings is 1. The van der Waals surface area contributed by atoms with Gasteiger partial charge in [0.05, 0.1) is 19.7 Å². The maximum Gasteiger partial charge on any atom is 0.319 e. The van der Waals surface area contributed by atoms with E-state index in [2.05, 4.69) is 52.2 Å². The molecule has 0 radical (unpaired) electrons. The van der Waals surface area contributed by atoms with Crippen LogP contribution in [0.3, 0.4) is 0 Å².